The zero-order valence-electron chi connectivity index (χ0n) is 48.4. The van der Waals surface area contributed by atoms with Crippen LogP contribution in [0.3, 0.4) is 0 Å². The average Bonchev–Trinajstić information content (AvgIpc) is 3.49. The molecule has 3 aromatic carbocycles. The van der Waals surface area contributed by atoms with Gasteiger partial charge in [0.25, 0.3) is 0 Å². The summed E-state index contributed by atoms with van der Waals surface area (Å²) in [4.78, 5) is 11.6. The Kier molecular flexibility index (Phi) is 25.1. The summed E-state index contributed by atoms with van der Waals surface area (Å²) in [6.45, 7) is 43.5. The molecule has 2 fully saturated rings. The van der Waals surface area contributed by atoms with Gasteiger partial charge < -0.3 is 36.4 Å². The third-order valence-electron chi connectivity index (χ3n) is 15.5. The van der Waals surface area contributed by atoms with Gasteiger partial charge >= 0.3 is 6.18 Å². The maximum atomic E-state index is 15.9. The van der Waals surface area contributed by atoms with Gasteiger partial charge in [-0.2, -0.15) is 13.2 Å². The number of anilines is 3. The summed E-state index contributed by atoms with van der Waals surface area (Å²) in [6, 6.07) is 17.7. The van der Waals surface area contributed by atoms with E-state index in [1.165, 1.54) is 45.0 Å². The largest absolute Gasteiger partial charge is 0.417 e. The first-order valence-corrected chi connectivity index (χ1v) is 28.3. The van der Waals surface area contributed by atoms with Crippen LogP contribution in [-0.4, -0.2) is 124 Å². The van der Waals surface area contributed by atoms with Gasteiger partial charge in [0.1, 0.15) is 5.82 Å². The minimum Gasteiger partial charge on any atom is -0.393 e. The molecule has 2 aliphatic rings. The standard InChI is InChI=1S/C65H92F4N10/c1-14-25-58(65(67,68)69)57(43-70-11)50(8)74-61-42-55(31-33-63(61)79-44-48(6)75(12)49(7)45-79)56-41-53(30-32-59(56)66)46-78-39-37-77(38-40-78)36-35-72-47(5)27-22-20-18-19-21-23-34-73-60-29-24-28-54(16-3)64(60)52(10)76(13)62(26-15-2)51(9)71-17-4/h14,16-17,24-25,28-33,41-43,48-49,62,70-74H,1,3-5,8-10,15,18-23,26-27,34-40,44-46H2,2,6-7,11-13H3/b57-43-,58-25+. The van der Waals surface area contributed by atoms with Gasteiger partial charge in [-0.25, -0.2) is 4.39 Å². The number of rotatable bonds is 33. The van der Waals surface area contributed by atoms with Crippen molar-refractivity contribution < 1.29 is 17.6 Å². The highest BCUT2D eigenvalue weighted by atomic mass is 19.4. The van der Waals surface area contributed by atoms with Crippen LogP contribution in [0, 0.1) is 5.82 Å². The average molecular weight is 1090 g/mol. The van der Waals surface area contributed by atoms with Crippen LogP contribution in [0.25, 0.3) is 22.9 Å². The van der Waals surface area contributed by atoms with Crippen molar-refractivity contribution >= 4 is 28.8 Å². The number of likely N-dealkylation sites (N-methyl/N-ethyl adjacent to an activating group) is 2. The van der Waals surface area contributed by atoms with Gasteiger partial charge in [0.2, 0.25) is 0 Å². The lowest BCUT2D eigenvalue weighted by Crippen LogP contribution is -2.55. The molecule has 10 nitrogen and oxygen atoms in total. The fraction of sp³-hybridized carbons (Fsp3) is 0.446. The van der Waals surface area contributed by atoms with Crippen molar-refractivity contribution in [2.75, 3.05) is 95.6 Å². The Bertz CT molecular complexity index is 2600. The molecule has 0 saturated carbocycles. The molecule has 430 valence electrons. The van der Waals surface area contributed by atoms with Gasteiger partial charge in [-0.05, 0) is 106 Å². The highest BCUT2D eigenvalue weighted by Gasteiger charge is 2.37. The predicted molar refractivity (Wildman–Crippen MR) is 329 cm³/mol. The van der Waals surface area contributed by atoms with Crippen molar-refractivity contribution in [1.82, 2.24) is 35.6 Å². The molecule has 2 saturated heterocycles. The SMILES string of the molecule is C=C/C=C(\C(=C/NC)C(=C)Nc1cc(-c2cc(CN3CCN(CCNC(=C)CCCCCCCCNc4cccc(C=C)c4C(=C)N(C)C(CCC)C(=C)NC=C)CC3)ccc2F)ccc1N1CC(C)N(C)C(C)C1)C(F)(F)F. The van der Waals surface area contributed by atoms with Crippen LogP contribution in [0.15, 0.2) is 153 Å². The van der Waals surface area contributed by atoms with Crippen LogP contribution >= 0.6 is 0 Å². The summed E-state index contributed by atoms with van der Waals surface area (Å²) >= 11 is 0. The van der Waals surface area contributed by atoms with E-state index in [0.717, 1.165) is 135 Å². The van der Waals surface area contributed by atoms with Crippen molar-refractivity contribution in [2.24, 2.45) is 0 Å². The quantitative estimate of drug-likeness (QED) is 0.0231. The topological polar surface area (TPSA) is 76.3 Å². The Hall–Kier alpha value is -6.48. The number of allylic oxidation sites excluding steroid dienone is 4. The smallest absolute Gasteiger partial charge is 0.393 e. The zero-order valence-corrected chi connectivity index (χ0v) is 48.4. The lowest BCUT2D eigenvalue weighted by molar-refractivity contribution is -0.0891. The first-order chi connectivity index (χ1) is 37.8. The molecule has 0 aromatic heterocycles. The number of hydrogen-bond donors (Lipinski definition) is 5. The Labute approximate surface area is 472 Å². The summed E-state index contributed by atoms with van der Waals surface area (Å²) in [5, 5.41) is 16.4. The number of nitrogens with one attached hydrogen (secondary N) is 5. The molecule has 0 spiro atoms. The number of piperazine rings is 2. The van der Waals surface area contributed by atoms with Crippen LogP contribution in [0.5, 0.6) is 0 Å². The van der Waals surface area contributed by atoms with Gasteiger partial charge in [0.05, 0.1) is 23.0 Å². The monoisotopic (exact) mass is 1090 g/mol. The molecule has 3 aromatic rings. The van der Waals surface area contributed by atoms with Crippen LogP contribution in [0.1, 0.15) is 95.2 Å². The van der Waals surface area contributed by atoms with Gasteiger partial charge in [-0.1, -0.05) is 121 Å². The zero-order chi connectivity index (χ0) is 57.6. The second-order valence-corrected chi connectivity index (χ2v) is 21.2. The molecule has 2 aliphatic heterocycles. The molecular formula is C65H92F4N10. The van der Waals surface area contributed by atoms with Crippen molar-refractivity contribution in [3.8, 4) is 11.1 Å². The molecule has 2 heterocycles. The number of nitrogens with zero attached hydrogens (tertiary/aromatic N) is 5. The van der Waals surface area contributed by atoms with Crippen LogP contribution in [0.4, 0.5) is 34.6 Å². The van der Waals surface area contributed by atoms with Gasteiger partial charge in [0, 0.05) is 143 Å². The maximum absolute atomic E-state index is 15.9. The van der Waals surface area contributed by atoms with Crippen LogP contribution in [-0.2, 0) is 6.54 Å². The third kappa shape index (κ3) is 18.3. The van der Waals surface area contributed by atoms with E-state index in [1.54, 1.807) is 6.20 Å². The van der Waals surface area contributed by atoms with E-state index >= 15 is 4.39 Å². The Morgan fingerprint density at radius 3 is 2.18 bits per heavy atom. The fourth-order valence-electron chi connectivity index (χ4n) is 10.7. The second-order valence-electron chi connectivity index (χ2n) is 21.2. The van der Waals surface area contributed by atoms with Gasteiger partial charge in [-0.3, -0.25) is 14.7 Å². The van der Waals surface area contributed by atoms with Crippen LogP contribution < -0.4 is 31.5 Å². The predicted octanol–water partition coefficient (Wildman–Crippen LogP) is 13.7. The van der Waals surface area contributed by atoms with Crippen molar-refractivity contribution in [3.63, 3.8) is 0 Å². The molecule has 5 N–H and O–H groups in total. The summed E-state index contributed by atoms with van der Waals surface area (Å²) in [5.41, 5.74) is 8.47. The molecule has 0 aliphatic carbocycles. The maximum Gasteiger partial charge on any atom is 0.417 e. The summed E-state index contributed by atoms with van der Waals surface area (Å²) in [6.07, 6.45) is 12.2. The van der Waals surface area contributed by atoms with E-state index in [4.69, 9.17) is 0 Å². The Morgan fingerprint density at radius 2 is 1.53 bits per heavy atom. The van der Waals surface area contributed by atoms with E-state index in [1.807, 2.05) is 36.4 Å². The van der Waals surface area contributed by atoms with Crippen LogP contribution in [0.2, 0.25) is 0 Å². The second kappa shape index (κ2) is 31.3. The van der Waals surface area contributed by atoms with E-state index in [0.29, 0.717) is 36.4 Å². The number of alkyl halides is 3. The van der Waals surface area contributed by atoms with E-state index in [9.17, 15) is 13.2 Å². The molecule has 0 bridgehead atoms. The van der Waals surface area contributed by atoms with Gasteiger partial charge in [0.15, 0.2) is 0 Å². The van der Waals surface area contributed by atoms with E-state index in [-0.39, 0.29) is 35.2 Å². The molecular weight excluding hydrogens is 997 g/mol. The van der Waals surface area contributed by atoms with E-state index < -0.39 is 11.7 Å². The summed E-state index contributed by atoms with van der Waals surface area (Å²) < 4.78 is 59.0. The molecule has 0 amide bonds. The number of halogens is 4. The normalized spacial score (nSPS) is 17.1. The third-order valence-corrected chi connectivity index (χ3v) is 15.5. The summed E-state index contributed by atoms with van der Waals surface area (Å²) in [5.74, 6) is -0.375. The molecule has 5 rings (SSSR count). The Balaban J connectivity index is 1.06. The van der Waals surface area contributed by atoms with Crippen molar-refractivity contribution in [3.05, 3.63) is 176 Å². The molecule has 0 radical (unpaired) electrons. The number of hydrogen-bond acceptors (Lipinski definition) is 10. The fourth-order valence-corrected chi connectivity index (χ4v) is 10.7. The molecule has 79 heavy (non-hydrogen) atoms. The molecule has 3 unspecified atom stereocenters. The van der Waals surface area contributed by atoms with E-state index in [2.05, 4.69) is 150 Å². The number of unbranched alkanes of at least 4 members (excludes halogenated alkanes) is 5. The van der Waals surface area contributed by atoms with Gasteiger partial charge in [-0.15, -0.1) is 0 Å². The highest BCUT2D eigenvalue weighted by molar-refractivity contribution is 5.82. The Morgan fingerprint density at radius 1 is 0.848 bits per heavy atom. The molecule has 14 heteroatoms. The first-order valence-electron chi connectivity index (χ1n) is 28.3. The summed E-state index contributed by atoms with van der Waals surface area (Å²) in [7, 11) is 5.72. The minimum absolute atomic E-state index is 0.0383. The lowest BCUT2D eigenvalue weighted by Gasteiger charge is -2.44. The van der Waals surface area contributed by atoms with Crippen molar-refractivity contribution in [1.29, 1.82) is 0 Å². The van der Waals surface area contributed by atoms with Crippen molar-refractivity contribution in [2.45, 2.75) is 109 Å². The molecule has 3 atom stereocenters. The lowest BCUT2D eigenvalue weighted by atomic mass is 9.99. The first kappa shape index (κ1) is 63.4. The minimum atomic E-state index is -4.66. The highest BCUT2D eigenvalue weighted by Crippen LogP contribution is 2.39. The number of benzene rings is 3.